The Kier molecular flexibility index (Phi) is 3.75. The molecule has 2 rings (SSSR count). The van der Waals surface area contributed by atoms with Crippen molar-refractivity contribution in [1.29, 1.82) is 0 Å². The molecule has 0 saturated carbocycles. The van der Waals surface area contributed by atoms with E-state index in [9.17, 15) is 10.1 Å². The molecule has 1 heterocycles. The molecule has 6 heteroatoms. The van der Waals surface area contributed by atoms with Gasteiger partial charge in [-0.2, -0.15) is 0 Å². The third kappa shape index (κ3) is 2.58. The van der Waals surface area contributed by atoms with Gasteiger partial charge >= 0.3 is 5.82 Å². The van der Waals surface area contributed by atoms with Crippen LogP contribution < -0.4 is 0 Å². The Morgan fingerprint density at radius 2 is 2.11 bits per heavy atom. The lowest BCUT2D eigenvalue weighted by Gasteiger charge is -1.97. The first-order valence-corrected chi connectivity index (χ1v) is 6.26. The maximum Gasteiger partial charge on any atom is 0.342 e. The smallest absolute Gasteiger partial charge is 0.342 e. The van der Waals surface area contributed by atoms with Crippen molar-refractivity contribution in [2.75, 3.05) is 0 Å². The first-order valence-electron chi connectivity index (χ1n) is 5.18. The first-order chi connectivity index (χ1) is 8.59. The predicted molar refractivity (Wildman–Crippen MR) is 77.9 cm³/mol. The van der Waals surface area contributed by atoms with Crippen molar-refractivity contribution in [3.8, 4) is 0 Å². The summed E-state index contributed by atoms with van der Waals surface area (Å²) in [6.07, 6.45) is 4.92. The topological polar surface area (TPSA) is 61.0 Å². The third-order valence-electron chi connectivity index (χ3n) is 2.50. The van der Waals surface area contributed by atoms with Gasteiger partial charge in [0, 0.05) is 9.65 Å². The number of halogens is 1. The molecule has 0 aliphatic carbocycles. The van der Waals surface area contributed by atoms with E-state index in [1.807, 2.05) is 30.3 Å². The van der Waals surface area contributed by atoms with E-state index in [1.54, 1.807) is 13.1 Å². The third-order valence-corrected chi connectivity index (χ3v) is 3.49. The fourth-order valence-electron chi connectivity index (χ4n) is 1.51. The SMILES string of the molecule is Cn1c([N+](=O)[O-])cnc1/C=C/c1ccccc1I. The quantitative estimate of drug-likeness (QED) is 0.483. The average Bonchev–Trinajstić information content (AvgIpc) is 2.70. The summed E-state index contributed by atoms with van der Waals surface area (Å²) >= 11 is 2.24. The van der Waals surface area contributed by atoms with Crippen LogP contribution in [0.15, 0.2) is 30.5 Å². The Hall–Kier alpha value is -1.70. The molecule has 0 amide bonds. The molecule has 0 saturated heterocycles. The molecule has 0 fully saturated rings. The molecule has 0 bridgehead atoms. The zero-order valence-electron chi connectivity index (χ0n) is 9.58. The van der Waals surface area contributed by atoms with E-state index < -0.39 is 4.92 Å². The summed E-state index contributed by atoms with van der Waals surface area (Å²) in [5.74, 6) is 0.541. The van der Waals surface area contributed by atoms with E-state index in [2.05, 4.69) is 27.6 Å². The number of rotatable bonds is 3. The minimum Gasteiger partial charge on any atom is -0.358 e. The van der Waals surface area contributed by atoms with Crippen LogP contribution in [0, 0.1) is 13.7 Å². The van der Waals surface area contributed by atoms with Crippen molar-refractivity contribution in [3.05, 3.63) is 55.5 Å². The lowest BCUT2D eigenvalue weighted by molar-refractivity contribution is -0.391. The van der Waals surface area contributed by atoms with Crippen LogP contribution in [0.1, 0.15) is 11.4 Å². The van der Waals surface area contributed by atoms with Gasteiger partial charge in [-0.1, -0.05) is 18.2 Å². The highest BCUT2D eigenvalue weighted by Gasteiger charge is 2.13. The van der Waals surface area contributed by atoms with Gasteiger partial charge in [0.15, 0.2) is 0 Å². The molecule has 0 N–H and O–H groups in total. The van der Waals surface area contributed by atoms with Gasteiger partial charge in [0.1, 0.15) is 6.20 Å². The first kappa shape index (κ1) is 12.7. The molecule has 0 radical (unpaired) electrons. The zero-order valence-corrected chi connectivity index (χ0v) is 11.7. The molecule has 1 aromatic carbocycles. The van der Waals surface area contributed by atoms with Crippen molar-refractivity contribution < 1.29 is 4.92 Å². The number of nitro groups is 1. The molecule has 0 atom stereocenters. The van der Waals surface area contributed by atoms with Crippen LogP contribution in [0.4, 0.5) is 5.82 Å². The molecule has 2 aromatic rings. The zero-order chi connectivity index (χ0) is 13.1. The van der Waals surface area contributed by atoms with Crippen molar-refractivity contribution in [2.45, 2.75) is 0 Å². The summed E-state index contributed by atoms with van der Waals surface area (Å²) in [4.78, 5) is 14.2. The highest BCUT2D eigenvalue weighted by molar-refractivity contribution is 14.1. The van der Waals surface area contributed by atoms with Crippen LogP contribution >= 0.6 is 22.6 Å². The van der Waals surface area contributed by atoms with Crippen LogP contribution in [0.25, 0.3) is 12.2 Å². The van der Waals surface area contributed by atoms with Crippen molar-refractivity contribution in [2.24, 2.45) is 7.05 Å². The molecule has 92 valence electrons. The number of nitrogens with zero attached hydrogens (tertiary/aromatic N) is 3. The Morgan fingerprint density at radius 3 is 2.72 bits per heavy atom. The number of benzene rings is 1. The molecule has 1 aromatic heterocycles. The summed E-state index contributed by atoms with van der Waals surface area (Å²) in [5.41, 5.74) is 1.06. The van der Waals surface area contributed by atoms with E-state index in [-0.39, 0.29) is 5.82 Å². The van der Waals surface area contributed by atoms with Crippen molar-refractivity contribution in [3.63, 3.8) is 0 Å². The summed E-state index contributed by atoms with van der Waals surface area (Å²) in [6, 6.07) is 7.89. The second-order valence-corrected chi connectivity index (χ2v) is 4.81. The Balaban J connectivity index is 2.30. The molecular formula is C12H10IN3O2. The Labute approximate surface area is 117 Å². The number of aromatic nitrogens is 2. The second kappa shape index (κ2) is 5.30. The largest absolute Gasteiger partial charge is 0.358 e. The highest BCUT2D eigenvalue weighted by atomic mass is 127. The average molecular weight is 355 g/mol. The van der Waals surface area contributed by atoms with Gasteiger partial charge in [0.05, 0.1) is 7.05 Å². The predicted octanol–water partition coefficient (Wildman–Crippen LogP) is 3.10. The van der Waals surface area contributed by atoms with E-state index in [0.717, 1.165) is 9.13 Å². The van der Waals surface area contributed by atoms with Crippen LogP contribution in [0.5, 0.6) is 0 Å². The fourth-order valence-corrected chi connectivity index (χ4v) is 2.08. The number of hydrogen-bond donors (Lipinski definition) is 0. The van der Waals surface area contributed by atoms with Gasteiger partial charge in [0.2, 0.25) is 5.82 Å². The summed E-state index contributed by atoms with van der Waals surface area (Å²) < 4.78 is 2.57. The molecule has 5 nitrogen and oxygen atoms in total. The standard InChI is InChI=1S/C12H10IN3O2/c1-15-11(14-8-12(15)16(17)18)7-6-9-4-2-3-5-10(9)13/h2-8H,1H3/b7-6+. The number of hydrogen-bond acceptors (Lipinski definition) is 3. The summed E-state index contributed by atoms with van der Waals surface area (Å²) in [6.45, 7) is 0. The van der Waals surface area contributed by atoms with Crippen molar-refractivity contribution >= 4 is 40.6 Å². The van der Waals surface area contributed by atoms with E-state index in [0.29, 0.717) is 5.82 Å². The van der Waals surface area contributed by atoms with Gasteiger partial charge in [-0.3, -0.25) is 0 Å². The van der Waals surface area contributed by atoms with Gasteiger partial charge in [0.25, 0.3) is 0 Å². The Morgan fingerprint density at radius 1 is 1.39 bits per heavy atom. The fraction of sp³-hybridized carbons (Fsp3) is 0.0833. The summed E-state index contributed by atoms with van der Waals surface area (Å²) in [7, 11) is 1.63. The Bertz CT molecular complexity index is 620. The van der Waals surface area contributed by atoms with Crippen molar-refractivity contribution in [1.82, 2.24) is 9.55 Å². The molecule has 0 aliphatic heterocycles. The molecule has 0 unspecified atom stereocenters. The van der Waals surface area contributed by atoms with Gasteiger partial charge in [-0.25, -0.2) is 9.55 Å². The minimum absolute atomic E-state index is 0.0163. The molecular weight excluding hydrogens is 345 g/mol. The van der Waals surface area contributed by atoms with E-state index in [4.69, 9.17) is 0 Å². The number of imidazole rings is 1. The normalized spacial score (nSPS) is 11.0. The molecule has 0 aliphatic rings. The highest BCUT2D eigenvalue weighted by Crippen LogP contribution is 2.17. The van der Waals surface area contributed by atoms with Crippen LogP contribution in [-0.2, 0) is 7.05 Å². The lowest BCUT2D eigenvalue weighted by Crippen LogP contribution is -1.98. The van der Waals surface area contributed by atoms with Crippen LogP contribution in [0.3, 0.4) is 0 Å². The van der Waals surface area contributed by atoms with E-state index >= 15 is 0 Å². The van der Waals surface area contributed by atoms with Crippen LogP contribution in [-0.4, -0.2) is 14.5 Å². The van der Waals surface area contributed by atoms with Gasteiger partial charge < -0.3 is 10.1 Å². The van der Waals surface area contributed by atoms with Gasteiger partial charge in [-0.05, 0) is 45.2 Å². The lowest BCUT2D eigenvalue weighted by atomic mass is 10.2. The van der Waals surface area contributed by atoms with Crippen LogP contribution in [0.2, 0.25) is 0 Å². The van der Waals surface area contributed by atoms with E-state index in [1.165, 1.54) is 10.8 Å². The monoisotopic (exact) mass is 355 g/mol. The second-order valence-electron chi connectivity index (χ2n) is 3.65. The summed E-state index contributed by atoms with van der Waals surface area (Å²) in [5, 5.41) is 10.7. The molecule has 18 heavy (non-hydrogen) atoms. The maximum atomic E-state index is 10.7. The van der Waals surface area contributed by atoms with Gasteiger partial charge in [-0.15, -0.1) is 0 Å². The maximum absolute atomic E-state index is 10.7. The molecule has 0 spiro atoms. The minimum atomic E-state index is -0.448.